The quantitative estimate of drug-likeness (QED) is 0.924. The third-order valence-electron chi connectivity index (χ3n) is 3.55. The molecule has 19 heavy (non-hydrogen) atoms. The van der Waals surface area contributed by atoms with Gasteiger partial charge in [-0.1, -0.05) is 15.9 Å². The number of anilines is 1. The Labute approximate surface area is 123 Å². The van der Waals surface area contributed by atoms with Gasteiger partial charge in [-0.3, -0.25) is 4.90 Å². The van der Waals surface area contributed by atoms with Crippen molar-refractivity contribution >= 4 is 21.6 Å². The van der Waals surface area contributed by atoms with Gasteiger partial charge in [0.05, 0.1) is 11.6 Å². The minimum absolute atomic E-state index is 0.503. The molecule has 5 heteroatoms. The van der Waals surface area contributed by atoms with E-state index in [4.69, 9.17) is 5.26 Å². The number of hydrogen-bond donors (Lipinski definition) is 1. The number of benzene rings is 1. The molecule has 0 bridgehead atoms. The van der Waals surface area contributed by atoms with E-state index in [2.05, 4.69) is 51.2 Å². The summed E-state index contributed by atoms with van der Waals surface area (Å²) >= 11 is 3.43. The molecular formula is C14H19BrN4. The minimum atomic E-state index is 0.503. The number of nitrogens with zero attached hydrogens (tertiary/aromatic N) is 3. The Bertz CT molecular complexity index is 483. The molecule has 1 aliphatic heterocycles. The zero-order valence-electron chi connectivity index (χ0n) is 11.4. The second kappa shape index (κ2) is 6.38. The molecule has 0 amide bonds. The normalized spacial score (nSPS) is 21.1. The van der Waals surface area contributed by atoms with Gasteiger partial charge in [-0.2, -0.15) is 5.26 Å². The Morgan fingerprint density at radius 3 is 2.89 bits per heavy atom. The van der Waals surface area contributed by atoms with Crippen molar-refractivity contribution in [3.05, 3.63) is 28.2 Å². The van der Waals surface area contributed by atoms with Gasteiger partial charge in [0.15, 0.2) is 0 Å². The van der Waals surface area contributed by atoms with Crippen LogP contribution in [0, 0.1) is 11.3 Å². The predicted octanol–water partition coefficient (Wildman–Crippen LogP) is 1.98. The standard InChI is InChI=1S/C14H19BrN4/c1-18-3-4-19(2)14(10-18)9-17-13-6-11(8-16)5-12(15)7-13/h5-7,14,17H,3-4,9-10H2,1-2H3. The van der Waals surface area contributed by atoms with E-state index in [1.807, 2.05) is 18.2 Å². The van der Waals surface area contributed by atoms with Gasteiger partial charge in [0.2, 0.25) is 0 Å². The second-order valence-electron chi connectivity index (χ2n) is 5.12. The van der Waals surface area contributed by atoms with Gasteiger partial charge < -0.3 is 10.2 Å². The number of nitrogens with one attached hydrogen (secondary N) is 1. The van der Waals surface area contributed by atoms with E-state index in [9.17, 15) is 0 Å². The summed E-state index contributed by atoms with van der Waals surface area (Å²) in [5, 5.41) is 12.4. The maximum absolute atomic E-state index is 8.97. The maximum atomic E-state index is 8.97. The lowest BCUT2D eigenvalue weighted by Gasteiger charge is -2.37. The number of hydrogen-bond acceptors (Lipinski definition) is 4. The smallest absolute Gasteiger partial charge is 0.0992 e. The molecule has 2 rings (SSSR count). The van der Waals surface area contributed by atoms with Crippen LogP contribution in [0.3, 0.4) is 0 Å². The van der Waals surface area contributed by atoms with Crippen LogP contribution in [0.25, 0.3) is 0 Å². The fourth-order valence-corrected chi connectivity index (χ4v) is 2.81. The van der Waals surface area contributed by atoms with Crippen LogP contribution in [-0.4, -0.2) is 56.1 Å². The van der Waals surface area contributed by atoms with E-state index in [0.29, 0.717) is 11.6 Å². The van der Waals surface area contributed by atoms with Gasteiger partial charge in [-0.25, -0.2) is 0 Å². The zero-order valence-corrected chi connectivity index (χ0v) is 12.9. The number of likely N-dealkylation sites (N-methyl/N-ethyl adjacent to an activating group) is 2. The van der Waals surface area contributed by atoms with E-state index < -0.39 is 0 Å². The van der Waals surface area contributed by atoms with Crippen molar-refractivity contribution in [2.24, 2.45) is 0 Å². The first kappa shape index (κ1) is 14.3. The molecule has 0 radical (unpaired) electrons. The van der Waals surface area contributed by atoms with Crippen LogP contribution < -0.4 is 5.32 Å². The van der Waals surface area contributed by atoms with Gasteiger partial charge in [0, 0.05) is 42.4 Å². The highest BCUT2D eigenvalue weighted by molar-refractivity contribution is 9.10. The van der Waals surface area contributed by atoms with Crippen molar-refractivity contribution in [2.45, 2.75) is 6.04 Å². The third-order valence-corrected chi connectivity index (χ3v) is 4.01. The van der Waals surface area contributed by atoms with Crippen LogP contribution in [0.4, 0.5) is 5.69 Å². The number of halogens is 1. The van der Waals surface area contributed by atoms with E-state index >= 15 is 0 Å². The molecule has 0 aliphatic carbocycles. The summed E-state index contributed by atoms with van der Waals surface area (Å²) in [6.07, 6.45) is 0. The molecule has 4 nitrogen and oxygen atoms in total. The molecular weight excluding hydrogens is 304 g/mol. The van der Waals surface area contributed by atoms with Crippen molar-refractivity contribution in [1.29, 1.82) is 5.26 Å². The summed E-state index contributed by atoms with van der Waals surface area (Å²) < 4.78 is 0.933. The highest BCUT2D eigenvalue weighted by Gasteiger charge is 2.21. The van der Waals surface area contributed by atoms with Crippen LogP contribution >= 0.6 is 15.9 Å². The summed E-state index contributed by atoms with van der Waals surface area (Å²) in [6, 6.07) is 8.39. The molecule has 1 aliphatic rings. The van der Waals surface area contributed by atoms with Gasteiger partial charge in [0.25, 0.3) is 0 Å². The Morgan fingerprint density at radius 1 is 1.37 bits per heavy atom. The van der Waals surface area contributed by atoms with Gasteiger partial charge in [-0.05, 0) is 32.3 Å². The topological polar surface area (TPSA) is 42.3 Å². The fraction of sp³-hybridized carbons (Fsp3) is 0.500. The lowest BCUT2D eigenvalue weighted by molar-refractivity contribution is 0.122. The van der Waals surface area contributed by atoms with Crippen LogP contribution in [0.1, 0.15) is 5.56 Å². The summed E-state index contributed by atoms with van der Waals surface area (Å²) in [4.78, 5) is 4.74. The molecule has 1 fully saturated rings. The van der Waals surface area contributed by atoms with Crippen LogP contribution in [0.5, 0.6) is 0 Å². The van der Waals surface area contributed by atoms with Crippen molar-refractivity contribution in [1.82, 2.24) is 9.80 Å². The highest BCUT2D eigenvalue weighted by atomic mass is 79.9. The molecule has 0 aromatic heterocycles. The van der Waals surface area contributed by atoms with Gasteiger partial charge >= 0.3 is 0 Å². The summed E-state index contributed by atoms with van der Waals surface area (Å²) in [7, 11) is 4.33. The molecule has 1 aromatic rings. The van der Waals surface area contributed by atoms with Crippen molar-refractivity contribution in [3.63, 3.8) is 0 Å². The Kier molecular flexibility index (Phi) is 4.81. The molecule has 1 heterocycles. The molecule has 1 saturated heterocycles. The van der Waals surface area contributed by atoms with E-state index in [1.165, 1.54) is 0 Å². The van der Waals surface area contributed by atoms with Gasteiger partial charge in [0.1, 0.15) is 0 Å². The van der Waals surface area contributed by atoms with Crippen LogP contribution in [0.15, 0.2) is 22.7 Å². The largest absolute Gasteiger partial charge is 0.383 e. The van der Waals surface area contributed by atoms with Crippen molar-refractivity contribution in [3.8, 4) is 6.07 Å². The lowest BCUT2D eigenvalue weighted by atomic mass is 10.1. The monoisotopic (exact) mass is 322 g/mol. The average molecular weight is 323 g/mol. The highest BCUT2D eigenvalue weighted by Crippen LogP contribution is 2.19. The fourth-order valence-electron chi connectivity index (χ4n) is 2.31. The second-order valence-corrected chi connectivity index (χ2v) is 6.03. The number of nitriles is 1. The molecule has 102 valence electrons. The first-order chi connectivity index (χ1) is 9.08. The average Bonchev–Trinajstić information content (AvgIpc) is 2.39. The van der Waals surface area contributed by atoms with Gasteiger partial charge in [-0.15, -0.1) is 0 Å². The molecule has 0 saturated carbocycles. The Balaban J connectivity index is 1.98. The summed E-state index contributed by atoms with van der Waals surface area (Å²) in [6.45, 7) is 4.19. The van der Waals surface area contributed by atoms with E-state index in [0.717, 1.165) is 36.3 Å². The first-order valence-corrected chi connectivity index (χ1v) is 7.21. The molecule has 1 atom stereocenters. The Morgan fingerprint density at radius 2 is 2.16 bits per heavy atom. The minimum Gasteiger partial charge on any atom is -0.383 e. The van der Waals surface area contributed by atoms with Crippen LogP contribution in [0.2, 0.25) is 0 Å². The third kappa shape index (κ3) is 3.93. The number of rotatable bonds is 3. The van der Waals surface area contributed by atoms with E-state index in [-0.39, 0.29) is 0 Å². The molecule has 1 unspecified atom stereocenters. The van der Waals surface area contributed by atoms with Crippen molar-refractivity contribution in [2.75, 3.05) is 45.6 Å². The summed E-state index contributed by atoms with van der Waals surface area (Å²) in [5.41, 5.74) is 1.67. The predicted molar refractivity (Wildman–Crippen MR) is 81.3 cm³/mol. The van der Waals surface area contributed by atoms with E-state index in [1.54, 1.807) is 0 Å². The number of piperazine rings is 1. The zero-order chi connectivity index (χ0) is 13.8. The SMILES string of the molecule is CN1CCN(C)C(CNc2cc(Br)cc(C#N)c2)C1. The summed E-state index contributed by atoms with van der Waals surface area (Å²) in [5.74, 6) is 0. The maximum Gasteiger partial charge on any atom is 0.0992 e. The van der Waals surface area contributed by atoms with Crippen LogP contribution in [-0.2, 0) is 0 Å². The lowest BCUT2D eigenvalue weighted by Crippen LogP contribution is -2.52. The Hall–Kier alpha value is -1.09. The molecule has 1 N–H and O–H groups in total. The van der Waals surface area contributed by atoms with Crippen molar-refractivity contribution < 1.29 is 0 Å². The first-order valence-electron chi connectivity index (χ1n) is 6.42. The molecule has 1 aromatic carbocycles. The molecule has 0 spiro atoms.